The number of nitrogens with two attached hydrogens (primary N) is 1. The summed E-state index contributed by atoms with van der Waals surface area (Å²) in [7, 11) is 0. The van der Waals surface area contributed by atoms with Crippen LogP contribution in [0.2, 0.25) is 0 Å². The SMILES string of the molecule is CC(C)NC(=NCCc1cscn1)NN. The summed E-state index contributed by atoms with van der Waals surface area (Å²) in [5.74, 6) is 5.95. The van der Waals surface area contributed by atoms with Gasteiger partial charge in [0.2, 0.25) is 5.96 Å². The number of thiazole rings is 1. The van der Waals surface area contributed by atoms with Crippen molar-refractivity contribution in [3.8, 4) is 0 Å². The first kappa shape index (κ1) is 11.9. The summed E-state index contributed by atoms with van der Waals surface area (Å²) in [6.45, 7) is 4.75. The molecule has 0 aliphatic rings. The van der Waals surface area contributed by atoms with E-state index in [2.05, 4.69) is 20.7 Å². The summed E-state index contributed by atoms with van der Waals surface area (Å²) in [6, 6.07) is 0.319. The predicted octanol–water partition coefficient (Wildman–Crippen LogP) is 0.503. The summed E-state index contributed by atoms with van der Waals surface area (Å²) >= 11 is 1.60. The van der Waals surface area contributed by atoms with Gasteiger partial charge in [0.15, 0.2) is 0 Å². The molecule has 4 N–H and O–H groups in total. The first-order chi connectivity index (χ1) is 7.22. The van der Waals surface area contributed by atoms with Crippen LogP contribution in [0.4, 0.5) is 0 Å². The zero-order valence-electron chi connectivity index (χ0n) is 9.03. The van der Waals surface area contributed by atoms with Gasteiger partial charge in [-0.25, -0.2) is 10.8 Å². The van der Waals surface area contributed by atoms with Crippen molar-refractivity contribution < 1.29 is 0 Å². The number of guanidine groups is 1. The van der Waals surface area contributed by atoms with Gasteiger partial charge in [-0.15, -0.1) is 11.3 Å². The lowest BCUT2D eigenvalue weighted by Gasteiger charge is -2.11. The molecular formula is C9H17N5S. The third kappa shape index (κ3) is 4.75. The van der Waals surface area contributed by atoms with E-state index in [1.807, 2.05) is 24.7 Å². The van der Waals surface area contributed by atoms with Gasteiger partial charge in [-0.3, -0.25) is 10.4 Å². The fraction of sp³-hybridized carbons (Fsp3) is 0.556. The Morgan fingerprint density at radius 3 is 3.00 bits per heavy atom. The number of rotatable bonds is 4. The van der Waals surface area contributed by atoms with Crippen molar-refractivity contribution in [1.29, 1.82) is 0 Å². The van der Waals surface area contributed by atoms with Crippen LogP contribution < -0.4 is 16.6 Å². The third-order valence-corrected chi connectivity index (χ3v) is 2.32. The largest absolute Gasteiger partial charge is 0.353 e. The van der Waals surface area contributed by atoms with Crippen LogP contribution in [-0.2, 0) is 6.42 Å². The molecule has 0 aliphatic carbocycles. The lowest BCUT2D eigenvalue weighted by atomic mass is 10.3. The number of nitrogens with one attached hydrogen (secondary N) is 2. The van der Waals surface area contributed by atoms with Crippen molar-refractivity contribution in [1.82, 2.24) is 15.7 Å². The van der Waals surface area contributed by atoms with Gasteiger partial charge >= 0.3 is 0 Å². The van der Waals surface area contributed by atoms with E-state index in [0.29, 0.717) is 18.5 Å². The molecule has 15 heavy (non-hydrogen) atoms. The lowest BCUT2D eigenvalue weighted by molar-refractivity contribution is 0.701. The van der Waals surface area contributed by atoms with Crippen LogP contribution in [0.25, 0.3) is 0 Å². The molecule has 0 fully saturated rings. The van der Waals surface area contributed by atoms with Crippen LogP contribution in [0.15, 0.2) is 15.9 Å². The van der Waals surface area contributed by atoms with Gasteiger partial charge in [0.1, 0.15) is 0 Å². The molecule has 1 heterocycles. The molecule has 0 radical (unpaired) electrons. The van der Waals surface area contributed by atoms with Crippen molar-refractivity contribution in [2.24, 2.45) is 10.8 Å². The molecule has 84 valence electrons. The molecule has 0 spiro atoms. The highest BCUT2D eigenvalue weighted by molar-refractivity contribution is 7.07. The third-order valence-electron chi connectivity index (χ3n) is 1.68. The van der Waals surface area contributed by atoms with E-state index < -0.39 is 0 Å². The number of hydrogen-bond acceptors (Lipinski definition) is 4. The Morgan fingerprint density at radius 2 is 2.47 bits per heavy atom. The molecule has 0 saturated heterocycles. The second kappa shape index (κ2) is 6.36. The minimum Gasteiger partial charge on any atom is -0.353 e. The molecule has 0 aromatic carbocycles. The summed E-state index contributed by atoms with van der Waals surface area (Å²) in [4.78, 5) is 8.47. The number of hydrazine groups is 1. The van der Waals surface area contributed by atoms with Crippen molar-refractivity contribution in [2.45, 2.75) is 26.3 Å². The van der Waals surface area contributed by atoms with Gasteiger partial charge in [0.25, 0.3) is 0 Å². The van der Waals surface area contributed by atoms with Crippen molar-refractivity contribution in [2.75, 3.05) is 6.54 Å². The Labute approximate surface area is 93.8 Å². The Kier molecular flexibility index (Phi) is 5.06. The van der Waals surface area contributed by atoms with Crippen molar-refractivity contribution >= 4 is 17.3 Å². The number of aliphatic imine (C=N–C) groups is 1. The highest BCUT2D eigenvalue weighted by atomic mass is 32.1. The Hall–Kier alpha value is -1.14. The van der Waals surface area contributed by atoms with Crippen LogP contribution >= 0.6 is 11.3 Å². The average molecular weight is 227 g/mol. The van der Waals surface area contributed by atoms with Crippen molar-refractivity contribution in [3.05, 3.63) is 16.6 Å². The first-order valence-electron chi connectivity index (χ1n) is 4.87. The fourth-order valence-electron chi connectivity index (χ4n) is 1.05. The smallest absolute Gasteiger partial charge is 0.205 e. The van der Waals surface area contributed by atoms with E-state index in [1.165, 1.54) is 0 Å². The molecule has 1 aromatic rings. The van der Waals surface area contributed by atoms with E-state index in [9.17, 15) is 0 Å². The minimum atomic E-state index is 0.319. The van der Waals surface area contributed by atoms with E-state index in [0.717, 1.165) is 12.1 Å². The van der Waals surface area contributed by atoms with Crippen LogP contribution in [0, 0.1) is 0 Å². The van der Waals surface area contributed by atoms with Crippen molar-refractivity contribution in [3.63, 3.8) is 0 Å². The highest BCUT2D eigenvalue weighted by Gasteiger charge is 1.98. The van der Waals surface area contributed by atoms with Crippen LogP contribution in [0.3, 0.4) is 0 Å². The molecule has 0 saturated carbocycles. The second-order valence-electron chi connectivity index (χ2n) is 3.40. The zero-order valence-corrected chi connectivity index (χ0v) is 9.84. The van der Waals surface area contributed by atoms with Crippen LogP contribution in [-0.4, -0.2) is 23.5 Å². The number of hydrogen-bond donors (Lipinski definition) is 3. The predicted molar refractivity (Wildman–Crippen MR) is 63.7 cm³/mol. The minimum absolute atomic E-state index is 0.319. The monoisotopic (exact) mass is 227 g/mol. The van der Waals surface area contributed by atoms with Gasteiger partial charge in [0, 0.05) is 24.4 Å². The molecule has 1 rings (SSSR count). The average Bonchev–Trinajstić information content (AvgIpc) is 2.68. The molecule has 0 unspecified atom stereocenters. The molecule has 6 heteroatoms. The maximum absolute atomic E-state index is 5.32. The molecule has 0 amide bonds. The topological polar surface area (TPSA) is 75.3 Å². The van der Waals surface area contributed by atoms with Crippen LogP contribution in [0.5, 0.6) is 0 Å². The Bertz CT molecular complexity index is 293. The summed E-state index contributed by atoms with van der Waals surface area (Å²) < 4.78 is 0. The van der Waals surface area contributed by atoms with Gasteiger partial charge in [-0.2, -0.15) is 0 Å². The van der Waals surface area contributed by atoms with E-state index in [-0.39, 0.29) is 0 Å². The number of aromatic nitrogens is 1. The maximum atomic E-state index is 5.32. The second-order valence-corrected chi connectivity index (χ2v) is 4.12. The summed E-state index contributed by atoms with van der Waals surface area (Å²) in [5, 5.41) is 5.13. The van der Waals surface area contributed by atoms with Gasteiger partial charge in [-0.05, 0) is 13.8 Å². The number of nitrogens with zero attached hydrogens (tertiary/aromatic N) is 2. The maximum Gasteiger partial charge on any atom is 0.205 e. The molecule has 0 aliphatic heterocycles. The molecular weight excluding hydrogens is 210 g/mol. The fourth-order valence-corrected chi connectivity index (χ4v) is 1.64. The van der Waals surface area contributed by atoms with Gasteiger partial charge < -0.3 is 5.32 Å². The van der Waals surface area contributed by atoms with E-state index >= 15 is 0 Å². The Balaban J connectivity index is 2.34. The van der Waals surface area contributed by atoms with Gasteiger partial charge in [0.05, 0.1) is 11.2 Å². The first-order valence-corrected chi connectivity index (χ1v) is 5.81. The van der Waals surface area contributed by atoms with E-state index in [1.54, 1.807) is 11.3 Å². The summed E-state index contributed by atoms with van der Waals surface area (Å²) in [5.41, 5.74) is 5.44. The molecule has 5 nitrogen and oxygen atoms in total. The Morgan fingerprint density at radius 1 is 1.67 bits per heavy atom. The normalized spacial score (nSPS) is 11.9. The lowest BCUT2D eigenvalue weighted by Crippen LogP contribution is -2.44. The molecule has 0 atom stereocenters. The van der Waals surface area contributed by atoms with Gasteiger partial charge in [-0.1, -0.05) is 0 Å². The van der Waals surface area contributed by atoms with Crippen LogP contribution in [0.1, 0.15) is 19.5 Å². The quantitative estimate of drug-likeness (QED) is 0.303. The molecule has 0 bridgehead atoms. The summed E-state index contributed by atoms with van der Waals surface area (Å²) in [6.07, 6.45) is 0.842. The standard InChI is InChI=1S/C9H17N5S/c1-7(2)13-9(14-10)11-4-3-8-5-15-6-12-8/h5-7H,3-4,10H2,1-2H3,(H2,11,13,14). The zero-order chi connectivity index (χ0) is 11.1. The highest BCUT2D eigenvalue weighted by Crippen LogP contribution is 2.01. The molecule has 1 aromatic heterocycles. The van der Waals surface area contributed by atoms with E-state index in [4.69, 9.17) is 5.84 Å².